The Bertz CT molecular complexity index is 538. The van der Waals surface area contributed by atoms with Crippen LogP contribution in [-0.4, -0.2) is 11.5 Å². The molecule has 1 atom stereocenters. The van der Waals surface area contributed by atoms with Crippen LogP contribution >= 0.6 is 0 Å². The molecule has 84 valence electrons. The first-order chi connectivity index (χ1) is 7.59. The number of hydrogen-bond acceptors (Lipinski definition) is 1. The van der Waals surface area contributed by atoms with Crippen molar-refractivity contribution < 1.29 is 0 Å². The van der Waals surface area contributed by atoms with Gasteiger partial charge in [0, 0.05) is 23.7 Å². The number of benzene rings is 1. The summed E-state index contributed by atoms with van der Waals surface area (Å²) in [5.74, 6) is 0. The number of nitrogens with one attached hydrogen (secondary N) is 1. The highest BCUT2D eigenvalue weighted by atomic mass is 14.7. The maximum Gasteiger partial charge on any atom is 0.0456 e. The van der Waals surface area contributed by atoms with Gasteiger partial charge in [-0.05, 0) is 34.9 Å². The Hall–Kier alpha value is -1.28. The highest BCUT2D eigenvalue weighted by Gasteiger charge is 2.60. The fraction of sp³-hybridized carbons (Fsp3) is 0.429. The summed E-state index contributed by atoms with van der Waals surface area (Å²) in [5.41, 5.74) is 9.14. The molecule has 1 saturated carbocycles. The van der Waals surface area contributed by atoms with Crippen molar-refractivity contribution in [2.45, 2.75) is 25.7 Å². The second-order valence-electron chi connectivity index (χ2n) is 5.63. The van der Waals surface area contributed by atoms with Crippen LogP contribution in [-0.2, 0) is 5.41 Å². The average molecular weight is 214 g/mol. The second kappa shape index (κ2) is 2.89. The fourth-order valence-electron chi connectivity index (χ4n) is 3.01. The van der Waals surface area contributed by atoms with Gasteiger partial charge in [-0.25, -0.2) is 0 Å². The molecule has 3 rings (SSSR count). The largest absolute Gasteiger partial charge is 0.361 e. The number of rotatable bonds is 2. The van der Waals surface area contributed by atoms with Crippen LogP contribution in [0.3, 0.4) is 0 Å². The Morgan fingerprint density at radius 3 is 2.69 bits per heavy atom. The molecule has 0 amide bonds. The van der Waals surface area contributed by atoms with Gasteiger partial charge in [-0.1, -0.05) is 26.0 Å². The van der Waals surface area contributed by atoms with Crippen LogP contribution < -0.4 is 5.73 Å². The van der Waals surface area contributed by atoms with Gasteiger partial charge in [0.1, 0.15) is 0 Å². The Labute approximate surface area is 95.8 Å². The summed E-state index contributed by atoms with van der Waals surface area (Å²) in [6.07, 6.45) is 3.18. The number of aromatic nitrogens is 1. The van der Waals surface area contributed by atoms with Crippen molar-refractivity contribution in [3.05, 3.63) is 36.0 Å². The van der Waals surface area contributed by atoms with Gasteiger partial charge in [0.15, 0.2) is 0 Å². The minimum Gasteiger partial charge on any atom is -0.361 e. The Morgan fingerprint density at radius 1 is 1.31 bits per heavy atom. The van der Waals surface area contributed by atoms with Crippen LogP contribution in [0.5, 0.6) is 0 Å². The predicted molar refractivity (Wildman–Crippen MR) is 67.4 cm³/mol. The molecule has 3 N–H and O–H groups in total. The van der Waals surface area contributed by atoms with Gasteiger partial charge in [0.2, 0.25) is 0 Å². The quantitative estimate of drug-likeness (QED) is 0.793. The summed E-state index contributed by atoms with van der Waals surface area (Å²) in [7, 11) is 0. The van der Waals surface area contributed by atoms with Crippen LogP contribution in [0.25, 0.3) is 10.9 Å². The van der Waals surface area contributed by atoms with Crippen molar-refractivity contribution in [2.75, 3.05) is 6.54 Å². The van der Waals surface area contributed by atoms with Crippen molar-refractivity contribution in [3.8, 4) is 0 Å². The molecule has 1 aromatic heterocycles. The minimum absolute atomic E-state index is 0.201. The Balaban J connectivity index is 2.12. The molecule has 1 unspecified atom stereocenters. The maximum absolute atomic E-state index is 5.99. The van der Waals surface area contributed by atoms with Crippen molar-refractivity contribution in [2.24, 2.45) is 11.1 Å². The molecular weight excluding hydrogens is 196 g/mol. The molecule has 2 heteroatoms. The zero-order chi connectivity index (χ0) is 11.4. The third-order valence-electron chi connectivity index (χ3n) is 4.37. The zero-order valence-corrected chi connectivity index (χ0v) is 9.88. The minimum atomic E-state index is 0.201. The average Bonchev–Trinajstić information content (AvgIpc) is 2.63. The zero-order valence-electron chi connectivity index (χ0n) is 9.88. The predicted octanol–water partition coefficient (Wildman–Crippen LogP) is 2.79. The van der Waals surface area contributed by atoms with E-state index in [1.54, 1.807) is 0 Å². The van der Waals surface area contributed by atoms with E-state index in [1.807, 2.05) is 6.20 Å². The molecule has 0 aliphatic heterocycles. The molecule has 1 aliphatic rings. The van der Waals surface area contributed by atoms with Crippen LogP contribution in [0, 0.1) is 5.41 Å². The number of hydrogen-bond donors (Lipinski definition) is 2. The van der Waals surface area contributed by atoms with E-state index in [1.165, 1.54) is 22.9 Å². The van der Waals surface area contributed by atoms with E-state index in [-0.39, 0.29) is 5.41 Å². The van der Waals surface area contributed by atoms with Crippen molar-refractivity contribution >= 4 is 10.9 Å². The van der Waals surface area contributed by atoms with Crippen LogP contribution in [0.15, 0.2) is 30.5 Å². The van der Waals surface area contributed by atoms with Gasteiger partial charge in [0.05, 0.1) is 0 Å². The lowest BCUT2D eigenvalue weighted by Crippen LogP contribution is -2.25. The van der Waals surface area contributed by atoms with E-state index in [2.05, 4.69) is 43.1 Å². The summed E-state index contributed by atoms with van der Waals surface area (Å²) in [6.45, 7) is 5.35. The van der Waals surface area contributed by atoms with E-state index in [0.717, 1.165) is 6.54 Å². The lowest BCUT2D eigenvalue weighted by atomic mass is 9.87. The first-order valence-corrected chi connectivity index (χ1v) is 5.87. The summed E-state index contributed by atoms with van der Waals surface area (Å²) in [6, 6.07) is 8.79. The topological polar surface area (TPSA) is 41.8 Å². The molecule has 2 nitrogen and oxygen atoms in total. The van der Waals surface area contributed by atoms with Crippen LogP contribution in [0.4, 0.5) is 0 Å². The third kappa shape index (κ3) is 1.11. The van der Waals surface area contributed by atoms with Crippen molar-refractivity contribution in [1.82, 2.24) is 4.98 Å². The molecule has 1 aliphatic carbocycles. The SMILES string of the molecule is CC1(C)CC1(CN)c1ccc2cc[nH]c2c1. The van der Waals surface area contributed by atoms with Gasteiger partial charge >= 0.3 is 0 Å². The molecular formula is C14H18N2. The van der Waals surface area contributed by atoms with E-state index < -0.39 is 0 Å². The smallest absolute Gasteiger partial charge is 0.0456 e. The van der Waals surface area contributed by atoms with E-state index in [0.29, 0.717) is 5.41 Å². The number of H-pyrrole nitrogens is 1. The lowest BCUT2D eigenvalue weighted by molar-refractivity contribution is 0.503. The Morgan fingerprint density at radius 2 is 2.06 bits per heavy atom. The molecule has 1 fully saturated rings. The summed E-state index contributed by atoms with van der Waals surface area (Å²) >= 11 is 0. The molecule has 1 heterocycles. The molecule has 0 radical (unpaired) electrons. The number of fused-ring (bicyclic) bond motifs is 1. The molecule has 16 heavy (non-hydrogen) atoms. The van der Waals surface area contributed by atoms with Gasteiger partial charge in [-0.3, -0.25) is 0 Å². The lowest BCUT2D eigenvalue weighted by Gasteiger charge is -2.19. The number of aromatic amines is 1. The van der Waals surface area contributed by atoms with Gasteiger partial charge in [-0.15, -0.1) is 0 Å². The normalized spacial score (nSPS) is 27.2. The second-order valence-corrected chi connectivity index (χ2v) is 5.63. The van der Waals surface area contributed by atoms with E-state index >= 15 is 0 Å². The summed E-state index contributed by atoms with van der Waals surface area (Å²) in [5, 5.41) is 1.27. The van der Waals surface area contributed by atoms with Crippen molar-refractivity contribution in [3.63, 3.8) is 0 Å². The van der Waals surface area contributed by atoms with Crippen LogP contribution in [0.1, 0.15) is 25.8 Å². The molecule has 0 bridgehead atoms. The van der Waals surface area contributed by atoms with E-state index in [9.17, 15) is 0 Å². The third-order valence-corrected chi connectivity index (χ3v) is 4.37. The number of nitrogens with two attached hydrogens (primary N) is 1. The standard InChI is InChI=1S/C14H18N2/c1-13(2)8-14(13,9-15)11-4-3-10-5-6-16-12(10)7-11/h3-7,16H,8-9,15H2,1-2H3. The molecule has 0 spiro atoms. The van der Waals surface area contributed by atoms with Gasteiger partial charge in [0.25, 0.3) is 0 Å². The van der Waals surface area contributed by atoms with Gasteiger partial charge < -0.3 is 10.7 Å². The highest BCUT2D eigenvalue weighted by molar-refractivity contribution is 5.80. The maximum atomic E-state index is 5.99. The monoisotopic (exact) mass is 214 g/mol. The highest BCUT2D eigenvalue weighted by Crippen LogP contribution is 2.63. The molecule has 0 saturated heterocycles. The summed E-state index contributed by atoms with van der Waals surface area (Å²) < 4.78 is 0. The first-order valence-electron chi connectivity index (χ1n) is 5.87. The molecule has 1 aromatic carbocycles. The Kier molecular flexibility index (Phi) is 1.79. The van der Waals surface area contributed by atoms with E-state index in [4.69, 9.17) is 5.73 Å². The fourth-order valence-corrected chi connectivity index (χ4v) is 3.01. The molecule has 2 aromatic rings. The van der Waals surface area contributed by atoms with Gasteiger partial charge in [-0.2, -0.15) is 0 Å². The first kappa shape index (κ1) is 9.91. The summed E-state index contributed by atoms with van der Waals surface area (Å²) in [4.78, 5) is 3.27. The van der Waals surface area contributed by atoms with Crippen molar-refractivity contribution in [1.29, 1.82) is 0 Å². The van der Waals surface area contributed by atoms with Crippen LogP contribution in [0.2, 0.25) is 0 Å².